The first-order chi connectivity index (χ1) is 20.1. The van der Waals surface area contributed by atoms with Gasteiger partial charge in [0, 0.05) is 18.7 Å². The third-order valence-corrected chi connectivity index (χ3v) is 5.63. The van der Waals surface area contributed by atoms with Crippen LogP contribution in [0.25, 0.3) is 0 Å². The average molecular weight is 670 g/mol. The number of anilines is 1. The maximum Gasteiger partial charge on any atom is 0.417 e. The number of benzene rings is 4. The molecule has 5 nitrogen and oxygen atoms in total. The lowest BCUT2D eigenvalue weighted by atomic mass is 10.1. The Morgan fingerprint density at radius 3 is 1.56 bits per heavy atom. The average Bonchev–Trinajstić information content (AvgIpc) is 2.91. The Hall–Kier alpha value is -3.93. The SMILES string of the molecule is Nc1ccc(Cl)c(C(F)(F)F)c1.O=C(Cc1ccc(Cl)c(C(F)(F)F)c1)Oc1ccccc1.O=C(Cl)Oc1ccccc1.[2HH]. The van der Waals surface area contributed by atoms with Gasteiger partial charge < -0.3 is 15.2 Å². The van der Waals surface area contributed by atoms with Gasteiger partial charge in [-0.05, 0) is 60.2 Å². The molecule has 14 heteroatoms. The van der Waals surface area contributed by atoms with E-state index in [-0.39, 0.29) is 24.1 Å². The lowest BCUT2D eigenvalue weighted by Gasteiger charge is -2.10. The van der Waals surface area contributed by atoms with Crippen molar-refractivity contribution in [2.75, 3.05) is 5.73 Å². The smallest absolute Gasteiger partial charge is 0.417 e. The summed E-state index contributed by atoms with van der Waals surface area (Å²) < 4.78 is 84.0. The summed E-state index contributed by atoms with van der Waals surface area (Å²) in [4.78, 5) is 21.8. The largest absolute Gasteiger partial charge is 0.426 e. The number of halogens is 9. The second-order valence-electron chi connectivity index (χ2n) is 8.17. The van der Waals surface area contributed by atoms with Crippen LogP contribution in [0.15, 0.2) is 97.1 Å². The number of rotatable bonds is 4. The minimum absolute atomic E-state index is 0. The summed E-state index contributed by atoms with van der Waals surface area (Å²) in [6, 6.07) is 23.5. The van der Waals surface area contributed by atoms with Gasteiger partial charge in [0.15, 0.2) is 0 Å². The molecule has 0 aliphatic rings. The van der Waals surface area contributed by atoms with E-state index >= 15 is 0 Å². The number of alkyl halides is 6. The summed E-state index contributed by atoms with van der Waals surface area (Å²) in [5.74, 6) is 0.159. The van der Waals surface area contributed by atoms with E-state index in [4.69, 9.17) is 45.3 Å². The van der Waals surface area contributed by atoms with Crippen molar-refractivity contribution in [3.05, 3.63) is 124 Å². The molecule has 43 heavy (non-hydrogen) atoms. The minimum Gasteiger partial charge on any atom is -0.426 e. The summed E-state index contributed by atoms with van der Waals surface area (Å²) in [5, 5.41) is -0.737. The molecule has 0 heterocycles. The topological polar surface area (TPSA) is 78.6 Å². The number of nitrogen functional groups attached to an aromatic ring is 1. The molecule has 4 rings (SSSR count). The van der Waals surface area contributed by atoms with E-state index in [2.05, 4.69) is 4.74 Å². The van der Waals surface area contributed by atoms with Crippen LogP contribution >= 0.6 is 34.8 Å². The number of carbonyl (C=O) groups is 2. The summed E-state index contributed by atoms with van der Waals surface area (Å²) in [5.41, 5.74) is 2.72. The second-order valence-corrected chi connectivity index (χ2v) is 9.29. The van der Waals surface area contributed by atoms with Crippen molar-refractivity contribution in [1.82, 2.24) is 0 Å². The highest BCUT2D eigenvalue weighted by Crippen LogP contribution is 2.36. The van der Waals surface area contributed by atoms with Crippen LogP contribution in [0.2, 0.25) is 10.0 Å². The zero-order valence-corrected chi connectivity index (χ0v) is 23.8. The molecule has 2 N–H and O–H groups in total. The van der Waals surface area contributed by atoms with Crippen LogP contribution in [0.4, 0.5) is 36.8 Å². The van der Waals surface area contributed by atoms with Crippen LogP contribution in [0.3, 0.4) is 0 Å². The van der Waals surface area contributed by atoms with Gasteiger partial charge in [-0.15, -0.1) is 0 Å². The summed E-state index contributed by atoms with van der Waals surface area (Å²) >= 11 is 15.8. The molecule has 0 aromatic heterocycles. The summed E-state index contributed by atoms with van der Waals surface area (Å²) in [6.07, 6.45) is -9.27. The number of ether oxygens (including phenoxy) is 2. The van der Waals surface area contributed by atoms with Gasteiger partial charge in [0.05, 0.1) is 27.6 Å². The first-order valence-electron chi connectivity index (χ1n) is 11.7. The fraction of sp³-hybridized carbons (Fsp3) is 0.103. The highest BCUT2D eigenvalue weighted by atomic mass is 35.5. The Morgan fingerprint density at radius 2 is 1.12 bits per heavy atom. The molecule has 0 aliphatic heterocycles. The molecule has 0 amide bonds. The lowest BCUT2D eigenvalue weighted by Crippen LogP contribution is -2.12. The van der Waals surface area contributed by atoms with Crippen LogP contribution in [0.5, 0.6) is 11.5 Å². The van der Waals surface area contributed by atoms with Crippen molar-refractivity contribution in [2.24, 2.45) is 0 Å². The van der Waals surface area contributed by atoms with Crippen molar-refractivity contribution in [3.63, 3.8) is 0 Å². The molecule has 0 saturated carbocycles. The molecule has 4 aromatic carbocycles. The van der Waals surface area contributed by atoms with E-state index in [1.807, 2.05) is 6.07 Å². The van der Waals surface area contributed by atoms with E-state index in [1.165, 1.54) is 12.1 Å². The molecule has 0 bridgehead atoms. The number of esters is 1. The molecule has 0 aliphatic carbocycles. The fourth-order valence-electron chi connectivity index (χ4n) is 3.06. The van der Waals surface area contributed by atoms with E-state index in [9.17, 15) is 35.9 Å². The van der Waals surface area contributed by atoms with E-state index in [1.54, 1.807) is 54.6 Å². The highest BCUT2D eigenvalue weighted by Gasteiger charge is 2.34. The third kappa shape index (κ3) is 12.9. The lowest BCUT2D eigenvalue weighted by molar-refractivity contribution is -0.138. The van der Waals surface area contributed by atoms with Crippen LogP contribution in [0, 0.1) is 0 Å². The van der Waals surface area contributed by atoms with Crippen molar-refractivity contribution < 1.29 is 46.8 Å². The fourth-order valence-corrected chi connectivity index (χ4v) is 3.60. The summed E-state index contributed by atoms with van der Waals surface area (Å²) in [6.45, 7) is 0. The highest BCUT2D eigenvalue weighted by molar-refractivity contribution is 6.61. The van der Waals surface area contributed by atoms with E-state index in [0.717, 1.165) is 24.3 Å². The normalized spacial score (nSPS) is 10.8. The molecular formula is C29H22Cl3F6NO4. The predicted molar refractivity (Wildman–Crippen MR) is 154 cm³/mol. The third-order valence-electron chi connectivity index (χ3n) is 4.90. The maximum atomic E-state index is 12.7. The molecule has 0 atom stereocenters. The van der Waals surface area contributed by atoms with Crippen LogP contribution in [-0.4, -0.2) is 11.4 Å². The molecule has 0 fully saturated rings. The predicted octanol–water partition coefficient (Wildman–Crippen LogP) is 10.1. The van der Waals surface area contributed by atoms with Crippen LogP contribution < -0.4 is 15.2 Å². The Morgan fingerprint density at radius 1 is 0.674 bits per heavy atom. The maximum absolute atomic E-state index is 12.7. The van der Waals surface area contributed by atoms with Gasteiger partial charge in [-0.1, -0.05) is 65.7 Å². The van der Waals surface area contributed by atoms with E-state index in [0.29, 0.717) is 11.5 Å². The molecule has 0 saturated heterocycles. The monoisotopic (exact) mass is 668 g/mol. The number of nitrogens with two attached hydrogens (primary N) is 1. The Labute approximate surface area is 258 Å². The van der Waals surface area contributed by atoms with Gasteiger partial charge in [0.1, 0.15) is 11.5 Å². The van der Waals surface area contributed by atoms with Crippen LogP contribution in [0.1, 0.15) is 18.1 Å². The zero-order chi connectivity index (χ0) is 32.2. The number of hydrogen-bond donors (Lipinski definition) is 1. The molecule has 0 spiro atoms. The number of para-hydroxylation sites is 2. The Bertz CT molecular complexity index is 1510. The number of carbonyl (C=O) groups excluding carboxylic acids is 2. The molecule has 0 unspecified atom stereocenters. The first-order valence-corrected chi connectivity index (χ1v) is 12.9. The molecular weight excluding hydrogens is 647 g/mol. The van der Waals surface area contributed by atoms with Crippen LogP contribution in [-0.2, 0) is 23.6 Å². The standard InChI is InChI=1S/C15H10ClF3O2.C7H5ClF3N.C7H5ClO2.H2/c16-13-7-6-10(8-12(13)15(17,18)19)9-14(20)21-11-4-2-1-3-5-11;8-6-2-1-4(12)3-5(6)7(9,10)11;8-7(9)10-6-4-2-1-3-5-6;/h1-8H,9H2;1-3H,12H2;1-5H;1H/i;;;1+1. The van der Waals surface area contributed by atoms with Crippen molar-refractivity contribution >= 4 is 51.9 Å². The van der Waals surface area contributed by atoms with Crippen molar-refractivity contribution in [3.8, 4) is 11.5 Å². The summed E-state index contributed by atoms with van der Waals surface area (Å²) in [7, 11) is 0. The molecule has 0 radical (unpaired) electrons. The zero-order valence-electron chi connectivity index (χ0n) is 21.6. The van der Waals surface area contributed by atoms with Gasteiger partial charge in [-0.25, -0.2) is 4.79 Å². The minimum atomic E-state index is -4.56. The van der Waals surface area contributed by atoms with Crippen molar-refractivity contribution in [2.45, 2.75) is 18.8 Å². The van der Waals surface area contributed by atoms with Gasteiger partial charge in [0.25, 0.3) is 0 Å². The van der Waals surface area contributed by atoms with Crippen molar-refractivity contribution in [1.29, 1.82) is 0 Å². The molecule has 230 valence electrons. The van der Waals surface area contributed by atoms with E-state index < -0.39 is 39.9 Å². The van der Waals surface area contributed by atoms with Gasteiger partial charge in [-0.2, -0.15) is 26.3 Å². The Balaban J connectivity index is 0.000000358. The molecule has 4 aromatic rings. The van der Waals surface area contributed by atoms with Gasteiger partial charge in [-0.3, -0.25) is 4.79 Å². The first kappa shape index (κ1) is 35.3. The quantitative estimate of drug-likeness (QED) is 0.0769. The Kier molecular flexibility index (Phi) is 13.2. The second kappa shape index (κ2) is 16.1. The number of hydrogen-bond acceptors (Lipinski definition) is 5. The van der Waals surface area contributed by atoms with Gasteiger partial charge >= 0.3 is 23.8 Å². The van der Waals surface area contributed by atoms with Gasteiger partial charge in [0.2, 0.25) is 0 Å².